The van der Waals surface area contributed by atoms with Crippen molar-refractivity contribution in [3.63, 3.8) is 0 Å². The summed E-state index contributed by atoms with van der Waals surface area (Å²) in [7, 11) is 0. The van der Waals surface area contributed by atoms with E-state index in [1.807, 2.05) is 45.9 Å². The molecule has 0 radical (unpaired) electrons. The molecule has 2 aromatic carbocycles. The van der Waals surface area contributed by atoms with Crippen LogP contribution in [0.3, 0.4) is 0 Å². The number of halogens is 1. The third-order valence-corrected chi connectivity index (χ3v) is 6.78. The van der Waals surface area contributed by atoms with Crippen LogP contribution in [0.15, 0.2) is 36.4 Å². The zero-order valence-corrected chi connectivity index (χ0v) is 23.6. The maximum atomic E-state index is 15.3. The summed E-state index contributed by atoms with van der Waals surface area (Å²) in [6.07, 6.45) is -0.585. The summed E-state index contributed by atoms with van der Waals surface area (Å²) in [5.74, 6) is -0.0275. The van der Waals surface area contributed by atoms with E-state index in [1.165, 1.54) is 24.0 Å². The molecule has 1 aliphatic heterocycles. The minimum Gasteiger partial charge on any atom is -0.491 e. The number of carbonyl (C=O) groups excluding carboxylic acids is 1. The molecule has 1 aliphatic rings. The highest BCUT2D eigenvalue weighted by Gasteiger charge is 2.43. The van der Waals surface area contributed by atoms with Gasteiger partial charge in [0.05, 0.1) is 29.7 Å². The van der Waals surface area contributed by atoms with Crippen LogP contribution >= 0.6 is 0 Å². The van der Waals surface area contributed by atoms with Gasteiger partial charge in [-0.2, -0.15) is 5.10 Å². The summed E-state index contributed by atoms with van der Waals surface area (Å²) in [4.78, 5) is 25.4. The zero-order valence-electron chi connectivity index (χ0n) is 23.6. The number of para-hydroxylation sites is 1. The van der Waals surface area contributed by atoms with Gasteiger partial charge in [0.25, 0.3) is 0 Å². The number of fused-ring (bicyclic) bond motifs is 1. The monoisotopic (exact) mass is 536 g/mol. The number of hydrogen-bond acceptors (Lipinski definition) is 4. The number of amides is 2. The number of ether oxygens (including phenoxy) is 1. The van der Waals surface area contributed by atoms with E-state index >= 15 is 4.39 Å². The Kier molecular flexibility index (Phi) is 7.73. The highest BCUT2D eigenvalue weighted by atomic mass is 19.1. The predicted molar refractivity (Wildman–Crippen MR) is 149 cm³/mol. The number of benzene rings is 2. The van der Waals surface area contributed by atoms with Crippen LogP contribution in [0.1, 0.15) is 64.4 Å². The van der Waals surface area contributed by atoms with E-state index in [-0.39, 0.29) is 11.6 Å². The number of anilines is 1. The van der Waals surface area contributed by atoms with E-state index in [1.54, 1.807) is 10.7 Å². The van der Waals surface area contributed by atoms with Crippen LogP contribution < -0.4 is 10.1 Å². The normalized spacial score (nSPS) is 15.3. The summed E-state index contributed by atoms with van der Waals surface area (Å²) < 4.78 is 23.3. The number of aryl methyl sites for hydroxylation is 1. The molecule has 39 heavy (non-hydrogen) atoms. The van der Waals surface area contributed by atoms with Crippen molar-refractivity contribution in [2.45, 2.75) is 60.9 Å². The van der Waals surface area contributed by atoms with Crippen LogP contribution in [0, 0.1) is 24.1 Å². The van der Waals surface area contributed by atoms with Gasteiger partial charge in [0.2, 0.25) is 5.91 Å². The van der Waals surface area contributed by atoms with Crippen molar-refractivity contribution in [1.82, 2.24) is 14.7 Å². The molecular formula is C30H37FN4O4. The predicted octanol–water partition coefficient (Wildman–Crippen LogP) is 6.60. The lowest BCUT2D eigenvalue weighted by atomic mass is 9.77. The van der Waals surface area contributed by atoms with Crippen molar-refractivity contribution >= 4 is 17.7 Å². The standard InChI is InChI=1S/C30H37FN4O4/c1-17(2)16-39-24-10-8-9-18(3)26(24)35-27(20-11-12-22(21(31)15-20)32-19(4)36)25-23(33-35)13-14-34(29(37)38)28(25)30(5,6)7/h8-12,15,17,28H,13-14,16H2,1-7H3,(H,32,36)(H,37,38). The molecule has 0 spiro atoms. The van der Waals surface area contributed by atoms with E-state index in [0.29, 0.717) is 42.5 Å². The molecule has 1 unspecified atom stereocenters. The fraction of sp³-hybridized carbons (Fsp3) is 0.433. The summed E-state index contributed by atoms with van der Waals surface area (Å²) in [5, 5.41) is 17.7. The second-order valence-electron chi connectivity index (χ2n) is 11.6. The number of carboxylic acid groups (broad SMARTS) is 1. The van der Waals surface area contributed by atoms with Gasteiger partial charge >= 0.3 is 6.09 Å². The first kappa shape index (κ1) is 28.1. The molecule has 4 rings (SSSR count). The minimum absolute atomic E-state index is 0.0718. The second-order valence-corrected chi connectivity index (χ2v) is 11.6. The molecule has 1 atom stereocenters. The Labute approximate surface area is 228 Å². The van der Waals surface area contributed by atoms with Crippen LogP contribution in [0.5, 0.6) is 5.75 Å². The molecule has 0 saturated heterocycles. The molecule has 2 heterocycles. The van der Waals surface area contributed by atoms with Crippen LogP contribution in [0.2, 0.25) is 0 Å². The van der Waals surface area contributed by atoms with Crippen molar-refractivity contribution in [2.24, 2.45) is 11.3 Å². The van der Waals surface area contributed by atoms with Gasteiger partial charge in [0.15, 0.2) is 0 Å². The molecule has 1 aromatic heterocycles. The maximum Gasteiger partial charge on any atom is 0.407 e. The smallest absolute Gasteiger partial charge is 0.407 e. The lowest BCUT2D eigenvalue weighted by Crippen LogP contribution is -2.44. The largest absolute Gasteiger partial charge is 0.491 e. The molecule has 2 N–H and O–H groups in total. The SMILES string of the molecule is CC(=O)Nc1ccc(-c2c3c(nn2-c2c(C)cccc2OCC(C)C)CCN(C(=O)O)C3C(C)(C)C)cc1F. The molecule has 0 aliphatic carbocycles. The zero-order chi connectivity index (χ0) is 28.6. The van der Waals surface area contributed by atoms with E-state index in [4.69, 9.17) is 9.84 Å². The number of carbonyl (C=O) groups is 2. The fourth-order valence-corrected chi connectivity index (χ4v) is 5.23. The van der Waals surface area contributed by atoms with Gasteiger partial charge in [0, 0.05) is 31.0 Å². The Hall–Kier alpha value is -3.88. The molecule has 0 saturated carbocycles. The number of nitrogens with zero attached hydrogens (tertiary/aromatic N) is 3. The van der Waals surface area contributed by atoms with E-state index in [2.05, 4.69) is 19.2 Å². The molecule has 0 bridgehead atoms. The Bertz CT molecular complexity index is 1410. The fourth-order valence-electron chi connectivity index (χ4n) is 5.23. The first-order chi connectivity index (χ1) is 18.3. The van der Waals surface area contributed by atoms with Crippen LogP contribution in [0.4, 0.5) is 14.9 Å². The number of rotatable bonds is 6. The van der Waals surface area contributed by atoms with Gasteiger partial charge < -0.3 is 20.1 Å². The molecule has 9 heteroatoms. The third kappa shape index (κ3) is 5.62. The quantitative estimate of drug-likeness (QED) is 0.370. The van der Waals surface area contributed by atoms with Crippen molar-refractivity contribution in [2.75, 3.05) is 18.5 Å². The van der Waals surface area contributed by atoms with Gasteiger partial charge in [-0.1, -0.05) is 52.8 Å². The van der Waals surface area contributed by atoms with Crippen molar-refractivity contribution in [3.8, 4) is 22.7 Å². The third-order valence-electron chi connectivity index (χ3n) is 6.78. The van der Waals surface area contributed by atoms with E-state index < -0.39 is 23.4 Å². The molecule has 208 valence electrons. The first-order valence-electron chi connectivity index (χ1n) is 13.2. The Morgan fingerprint density at radius 1 is 1.23 bits per heavy atom. The second kappa shape index (κ2) is 10.7. The van der Waals surface area contributed by atoms with Crippen LogP contribution in [-0.4, -0.2) is 44.9 Å². The van der Waals surface area contributed by atoms with Crippen LogP contribution in [0.25, 0.3) is 16.9 Å². The maximum absolute atomic E-state index is 15.3. The lowest BCUT2D eigenvalue weighted by Gasteiger charge is -2.42. The first-order valence-corrected chi connectivity index (χ1v) is 13.2. The van der Waals surface area contributed by atoms with Crippen molar-refractivity contribution in [1.29, 1.82) is 0 Å². The minimum atomic E-state index is -1.01. The van der Waals surface area contributed by atoms with Gasteiger partial charge in [0.1, 0.15) is 17.3 Å². The number of aromatic nitrogens is 2. The van der Waals surface area contributed by atoms with Crippen molar-refractivity contribution < 1.29 is 23.8 Å². The topological polar surface area (TPSA) is 96.7 Å². The highest BCUT2D eigenvalue weighted by Crippen LogP contribution is 2.48. The molecular weight excluding hydrogens is 499 g/mol. The Morgan fingerprint density at radius 3 is 2.54 bits per heavy atom. The molecule has 3 aromatic rings. The number of nitrogens with one attached hydrogen (secondary N) is 1. The van der Waals surface area contributed by atoms with E-state index in [9.17, 15) is 14.7 Å². The van der Waals surface area contributed by atoms with Gasteiger partial charge in [-0.25, -0.2) is 13.9 Å². The molecule has 8 nitrogen and oxygen atoms in total. The van der Waals surface area contributed by atoms with Gasteiger partial charge in [-0.15, -0.1) is 0 Å². The van der Waals surface area contributed by atoms with Gasteiger partial charge in [-0.05, 0) is 42.0 Å². The lowest BCUT2D eigenvalue weighted by molar-refractivity contribution is -0.114. The molecule has 0 fully saturated rings. The highest BCUT2D eigenvalue weighted by molar-refractivity contribution is 5.89. The number of hydrogen-bond donors (Lipinski definition) is 2. The average molecular weight is 537 g/mol. The average Bonchev–Trinajstić information content (AvgIpc) is 3.21. The van der Waals surface area contributed by atoms with Crippen LogP contribution in [-0.2, 0) is 11.2 Å². The summed E-state index contributed by atoms with van der Waals surface area (Å²) in [6.45, 7) is 14.2. The summed E-state index contributed by atoms with van der Waals surface area (Å²) >= 11 is 0. The molecule has 2 amide bonds. The Balaban J connectivity index is 2.04. The summed E-state index contributed by atoms with van der Waals surface area (Å²) in [5.41, 5.74) is 3.88. The van der Waals surface area contributed by atoms with E-state index in [0.717, 1.165) is 22.5 Å². The summed E-state index contributed by atoms with van der Waals surface area (Å²) in [6, 6.07) is 9.87. The van der Waals surface area contributed by atoms with Gasteiger partial charge in [-0.3, -0.25) is 4.79 Å². The Morgan fingerprint density at radius 2 is 1.95 bits per heavy atom. The van der Waals surface area contributed by atoms with Crippen molar-refractivity contribution in [3.05, 3.63) is 59.0 Å².